The van der Waals surface area contributed by atoms with Crippen LogP contribution in [0.4, 0.5) is 30.8 Å². The fourth-order valence-corrected chi connectivity index (χ4v) is 3.03. The molecule has 0 atom stereocenters. The van der Waals surface area contributed by atoms with Crippen molar-refractivity contribution in [2.45, 2.75) is 31.1 Å². The third-order valence-corrected chi connectivity index (χ3v) is 4.55. The fraction of sp³-hybridized carbons (Fsp3) is 0.250. The first-order valence-corrected chi connectivity index (χ1v) is 13.8. The van der Waals surface area contributed by atoms with Crippen molar-refractivity contribution in [1.29, 1.82) is 0 Å². The second-order valence-electron chi connectivity index (χ2n) is 6.63. The Bertz CT molecular complexity index is 874. The molecule has 2 aromatic rings. The van der Waals surface area contributed by atoms with Crippen molar-refractivity contribution in [2.24, 2.45) is 10.2 Å². The van der Waals surface area contributed by atoms with E-state index in [-0.39, 0.29) is 17.5 Å². The quantitative estimate of drug-likeness (QED) is 0.256. The van der Waals surface area contributed by atoms with Gasteiger partial charge in [0.25, 0.3) is 0 Å². The second-order valence-corrected chi connectivity index (χ2v) is 11.6. The van der Waals surface area contributed by atoms with Gasteiger partial charge in [-0.2, -0.15) is 0 Å². The van der Waals surface area contributed by atoms with Gasteiger partial charge in [0.05, 0.1) is 0 Å². The van der Waals surface area contributed by atoms with Gasteiger partial charge in [-0.05, 0) is 23.6 Å². The van der Waals surface area contributed by atoms with Crippen LogP contribution in [0.3, 0.4) is 0 Å². The van der Waals surface area contributed by atoms with Gasteiger partial charge in [-0.3, -0.25) is 0 Å². The van der Waals surface area contributed by atoms with E-state index in [9.17, 15) is 24.5 Å². The van der Waals surface area contributed by atoms with E-state index in [1.165, 1.54) is 6.07 Å². The number of halogens is 7. The van der Waals surface area contributed by atoms with E-state index in [0.29, 0.717) is 5.56 Å². The van der Waals surface area contributed by atoms with Crippen LogP contribution >= 0.6 is 28.8 Å². The van der Waals surface area contributed by atoms with Gasteiger partial charge in [0.1, 0.15) is 22.0 Å². The Labute approximate surface area is 176 Å². The average molecular weight is 499 g/mol. The zero-order chi connectivity index (χ0) is 21.9. The summed E-state index contributed by atoms with van der Waals surface area (Å²) in [6.45, 7) is 5.48. The summed E-state index contributed by atoms with van der Waals surface area (Å²) in [5, 5.41) is 17.1. The molecule has 1 N–H and O–H groups in total. The van der Waals surface area contributed by atoms with Crippen LogP contribution in [-0.2, 0) is 22.4 Å². The molecule has 12 heteroatoms. The van der Waals surface area contributed by atoms with Crippen molar-refractivity contribution >= 4 is 40.2 Å². The molecule has 156 valence electrons. The summed E-state index contributed by atoms with van der Waals surface area (Å²) in [6, 6.07) is 7.57. The normalized spacial score (nSPS) is 14.6. The van der Waals surface area contributed by atoms with E-state index in [0.717, 1.165) is 18.2 Å². The predicted octanol–water partition coefficient (Wildman–Crippen LogP) is 9.14. The number of rotatable bonds is 3. The van der Waals surface area contributed by atoms with Crippen molar-refractivity contribution in [3.05, 3.63) is 48.0 Å². The molecule has 0 aromatic heterocycles. The van der Waals surface area contributed by atoms with Gasteiger partial charge < -0.3 is 5.11 Å². The molecule has 0 spiro atoms. The summed E-state index contributed by atoms with van der Waals surface area (Å²) >= 11 is -0.556. The van der Waals surface area contributed by atoms with Gasteiger partial charge in [-0.1, -0.05) is 64.5 Å². The van der Waals surface area contributed by atoms with Gasteiger partial charge in [-0.15, -0.1) is 10.2 Å². The third kappa shape index (κ3) is 7.19. The number of nitrogens with zero attached hydrogens (tertiary/aromatic N) is 2. The Kier molecular flexibility index (Phi) is 7.29. The zero-order valence-corrected chi connectivity index (χ0v) is 18.8. The molecule has 0 aliphatic rings. The molecule has 0 bridgehead atoms. The first kappa shape index (κ1) is 25.2. The molecule has 3 nitrogen and oxygen atoms in total. The van der Waals surface area contributed by atoms with Crippen LogP contribution in [0.5, 0.6) is 5.75 Å². The molecule has 0 saturated carbocycles. The maximum absolute atomic E-state index is 13.1. The Morgan fingerprint density at radius 1 is 0.857 bits per heavy atom. The number of hydrogen-bond acceptors (Lipinski definition) is 3. The minimum absolute atomic E-state index is 0.107. The molecule has 0 aliphatic heterocycles. The van der Waals surface area contributed by atoms with Gasteiger partial charge in [0.15, 0.2) is 0 Å². The van der Waals surface area contributed by atoms with Crippen molar-refractivity contribution in [3.8, 4) is 5.75 Å². The van der Waals surface area contributed by atoms with Gasteiger partial charge in [-0.25, -0.2) is 0 Å². The monoisotopic (exact) mass is 498 g/mol. The van der Waals surface area contributed by atoms with Crippen LogP contribution in [0, 0.1) is 0 Å². The molecule has 0 unspecified atom stereocenters. The first-order valence-electron chi connectivity index (χ1n) is 7.55. The molecule has 28 heavy (non-hydrogen) atoms. The zero-order valence-electron chi connectivity index (χ0n) is 14.9. The van der Waals surface area contributed by atoms with Crippen molar-refractivity contribution in [2.75, 3.05) is 0 Å². The topological polar surface area (TPSA) is 45.0 Å². The number of phenols is 1. The van der Waals surface area contributed by atoms with E-state index in [2.05, 4.69) is 10.2 Å². The van der Waals surface area contributed by atoms with Crippen LogP contribution in [0.1, 0.15) is 26.3 Å². The summed E-state index contributed by atoms with van der Waals surface area (Å²) in [5.74, 6) is -0.261. The summed E-state index contributed by atoms with van der Waals surface area (Å²) < 4.78 is 65.4. The van der Waals surface area contributed by atoms with E-state index in [1.807, 2.05) is 20.8 Å². The van der Waals surface area contributed by atoms with Crippen LogP contribution in [0.25, 0.3) is 0 Å². The molecule has 0 heterocycles. The first-order chi connectivity index (χ1) is 12.5. The molecule has 2 aromatic carbocycles. The summed E-state index contributed by atoms with van der Waals surface area (Å²) in [5.41, 5.74) is -1.06. The SMILES string of the molecule is CC(C)(C)c1cccc(N=Nc2ccccc2S(F)(F)(F)(F)F)c1O.[Cl][Ti][Cl]. The molecule has 0 radical (unpaired) electrons. The van der Waals surface area contributed by atoms with Gasteiger partial charge in [0.2, 0.25) is 0 Å². The number of benzene rings is 2. The van der Waals surface area contributed by atoms with E-state index >= 15 is 0 Å². The van der Waals surface area contributed by atoms with E-state index < -0.39 is 43.3 Å². The van der Waals surface area contributed by atoms with Crippen molar-refractivity contribution in [1.82, 2.24) is 0 Å². The standard InChI is InChI=1S/C16H17F5N2OS.2ClH.Ti/c1-16(2,3)11-7-6-9-13(15(11)24)23-22-12-8-4-5-10-14(12)25(17,18,19,20)21;;;/h4-10,24H,1-3H3;2*1H;/q;;;+2/p-2. The Morgan fingerprint density at radius 2 is 1.32 bits per heavy atom. The van der Waals surface area contributed by atoms with E-state index in [4.69, 9.17) is 18.6 Å². The second kappa shape index (κ2) is 8.10. The van der Waals surface area contributed by atoms with E-state index in [1.54, 1.807) is 12.1 Å². The molecule has 0 saturated heterocycles. The van der Waals surface area contributed by atoms with Crippen molar-refractivity contribution < 1.29 is 41.6 Å². The molecule has 0 amide bonds. The number of phenolic OH excluding ortho intramolecular Hbond substituents is 1. The molecule has 2 rings (SSSR count). The Morgan fingerprint density at radius 3 is 1.82 bits per heavy atom. The fourth-order valence-electron chi connectivity index (χ4n) is 2.19. The molecule has 0 aliphatic carbocycles. The number of hydrogen-bond donors (Lipinski definition) is 1. The van der Waals surface area contributed by atoms with Gasteiger partial charge >= 0.3 is 45.9 Å². The summed E-state index contributed by atoms with van der Waals surface area (Å²) in [6.07, 6.45) is 0. The van der Waals surface area contributed by atoms with Crippen molar-refractivity contribution in [3.63, 3.8) is 0 Å². The number of aromatic hydroxyl groups is 1. The van der Waals surface area contributed by atoms with Gasteiger partial charge in [0, 0.05) is 5.56 Å². The summed E-state index contributed by atoms with van der Waals surface area (Å²) in [4.78, 5) is -2.11. The minimum atomic E-state index is -9.90. The number of para-hydroxylation sites is 1. The molecular weight excluding hydrogens is 482 g/mol. The molecule has 0 fully saturated rings. The predicted molar refractivity (Wildman–Crippen MR) is 101 cm³/mol. The maximum atomic E-state index is 13.1. The van der Waals surface area contributed by atoms with Crippen LogP contribution in [0.15, 0.2) is 57.6 Å². The number of azo groups is 1. The van der Waals surface area contributed by atoms with Crippen LogP contribution in [-0.4, -0.2) is 5.11 Å². The average Bonchev–Trinajstić information content (AvgIpc) is 2.51. The molecular formula is C16H17Cl2F5N2OSTi. The summed E-state index contributed by atoms with van der Waals surface area (Å²) in [7, 11) is -0.125. The Balaban J connectivity index is 0.00000122. The Hall–Kier alpha value is -0.866. The third-order valence-electron chi connectivity index (χ3n) is 3.37. The van der Waals surface area contributed by atoms with Crippen LogP contribution in [0.2, 0.25) is 0 Å². The van der Waals surface area contributed by atoms with Crippen LogP contribution < -0.4 is 0 Å².